The number of carbonyl (C=O) groups is 1. The zero-order valence-corrected chi connectivity index (χ0v) is 19.0. The van der Waals surface area contributed by atoms with E-state index in [4.69, 9.17) is 5.73 Å². The Kier molecular flexibility index (Phi) is 5.99. The summed E-state index contributed by atoms with van der Waals surface area (Å²) in [6.45, 7) is 1.62. The van der Waals surface area contributed by atoms with Crippen molar-refractivity contribution in [2.75, 3.05) is 11.1 Å². The Balaban J connectivity index is 2.39. The molecule has 0 radical (unpaired) electrons. The molecule has 0 heterocycles. The Morgan fingerprint density at radius 1 is 0.818 bits per heavy atom. The molecule has 3 aromatic carbocycles. The molecule has 33 heavy (non-hydrogen) atoms. The Hall–Kier alpha value is -3.08. The average molecular weight is 517 g/mol. The van der Waals surface area contributed by atoms with Gasteiger partial charge < -0.3 is 11.1 Å². The predicted molar refractivity (Wildman–Crippen MR) is 117 cm³/mol. The molecule has 0 aliphatic rings. The summed E-state index contributed by atoms with van der Waals surface area (Å²) in [5.74, 6) is -0.841. The molecule has 0 atom stereocenters. The topological polar surface area (TPSA) is 218 Å². The molecule has 0 unspecified atom stereocenters. The molecule has 176 valence electrons. The summed E-state index contributed by atoms with van der Waals surface area (Å²) >= 11 is 0. The summed E-state index contributed by atoms with van der Waals surface area (Å²) in [4.78, 5) is 9.90. The molecule has 3 rings (SSSR count). The number of aryl methyl sites for hydroxylation is 1. The summed E-state index contributed by atoms with van der Waals surface area (Å²) < 4.78 is 99.0. The van der Waals surface area contributed by atoms with E-state index in [9.17, 15) is 43.7 Å². The first-order valence-corrected chi connectivity index (χ1v) is 13.0. The Morgan fingerprint density at radius 3 is 1.85 bits per heavy atom. The van der Waals surface area contributed by atoms with Crippen LogP contribution in [0.3, 0.4) is 0 Å². The highest BCUT2D eigenvalue weighted by atomic mass is 32.2. The first-order valence-electron chi connectivity index (χ1n) is 8.70. The summed E-state index contributed by atoms with van der Waals surface area (Å²) in [5, 5.41) is 1.37. The van der Waals surface area contributed by atoms with Gasteiger partial charge in [0.1, 0.15) is 4.90 Å². The Bertz CT molecular complexity index is 1640. The van der Waals surface area contributed by atoms with Gasteiger partial charge >= 0.3 is 0 Å². The lowest BCUT2D eigenvalue weighted by Gasteiger charge is -2.15. The number of hydrogen-bond acceptors (Lipinski definition) is 8. The second-order valence-electron chi connectivity index (χ2n) is 6.94. The van der Waals surface area contributed by atoms with Crippen molar-refractivity contribution in [2.24, 2.45) is 0 Å². The van der Waals surface area contributed by atoms with Gasteiger partial charge in [-0.05, 0) is 60.3 Å². The first kappa shape index (κ1) is 24.6. The number of anilines is 2. The van der Waals surface area contributed by atoms with Gasteiger partial charge in [-0.1, -0.05) is 0 Å². The highest BCUT2D eigenvalue weighted by Gasteiger charge is 2.25. The predicted octanol–water partition coefficient (Wildman–Crippen LogP) is 1.72. The fourth-order valence-corrected chi connectivity index (χ4v) is 4.96. The molecule has 12 nitrogen and oxygen atoms in total. The lowest BCUT2D eigenvalue weighted by atomic mass is 10.1. The molecule has 0 saturated heterocycles. The van der Waals surface area contributed by atoms with E-state index in [2.05, 4.69) is 5.32 Å². The van der Waals surface area contributed by atoms with E-state index in [1.165, 1.54) is 18.2 Å². The van der Waals surface area contributed by atoms with Gasteiger partial charge in [0.25, 0.3) is 36.3 Å². The third kappa shape index (κ3) is 5.13. The van der Waals surface area contributed by atoms with Crippen LogP contribution in [0.25, 0.3) is 10.8 Å². The molecule has 6 N–H and O–H groups in total. The van der Waals surface area contributed by atoms with E-state index in [-0.39, 0.29) is 5.56 Å². The number of nitrogen functional groups attached to an aromatic ring is 1. The Labute approximate surface area is 188 Å². The Morgan fingerprint density at radius 2 is 1.36 bits per heavy atom. The van der Waals surface area contributed by atoms with Crippen LogP contribution in [0.5, 0.6) is 0 Å². The van der Waals surface area contributed by atoms with Crippen molar-refractivity contribution in [1.29, 1.82) is 0 Å². The number of carbonyl (C=O) groups excluding carboxylic acids is 1. The molecular weight excluding hydrogens is 500 g/mol. The van der Waals surface area contributed by atoms with Crippen LogP contribution in [0, 0.1) is 6.92 Å². The van der Waals surface area contributed by atoms with E-state index in [1.54, 1.807) is 6.92 Å². The van der Waals surface area contributed by atoms with Gasteiger partial charge in [-0.2, -0.15) is 25.3 Å². The maximum atomic E-state index is 12.8. The number of nitrogens with two attached hydrogens (primary N) is 1. The zero-order valence-electron chi connectivity index (χ0n) is 16.5. The quantitative estimate of drug-likeness (QED) is 0.243. The van der Waals surface area contributed by atoms with Gasteiger partial charge in [0.2, 0.25) is 0 Å². The molecular formula is C18H16N2O10S3. The van der Waals surface area contributed by atoms with Gasteiger partial charge in [0.05, 0.1) is 15.5 Å². The van der Waals surface area contributed by atoms with Crippen LogP contribution < -0.4 is 11.1 Å². The molecule has 0 spiro atoms. The van der Waals surface area contributed by atoms with Gasteiger partial charge in [-0.25, -0.2) is 0 Å². The van der Waals surface area contributed by atoms with Crippen LogP contribution in [0.2, 0.25) is 0 Å². The van der Waals surface area contributed by atoms with Crippen LogP contribution in [0.15, 0.2) is 57.2 Å². The van der Waals surface area contributed by atoms with Crippen molar-refractivity contribution in [3.63, 3.8) is 0 Å². The SMILES string of the molecule is Cc1cc(C(=O)Nc2cc(S(=O)(=O)O)cc3cc(S(=O)(=O)O)cc(S(=O)(=O)O)c23)ccc1N. The molecule has 0 saturated carbocycles. The van der Waals surface area contributed by atoms with Gasteiger partial charge in [0.15, 0.2) is 0 Å². The summed E-state index contributed by atoms with van der Waals surface area (Å²) in [5.41, 5.74) is 6.19. The van der Waals surface area contributed by atoms with E-state index in [0.29, 0.717) is 29.4 Å². The number of nitrogens with one attached hydrogen (secondary N) is 1. The highest BCUT2D eigenvalue weighted by Crippen LogP contribution is 2.35. The summed E-state index contributed by atoms with van der Waals surface area (Å²) in [6.07, 6.45) is 0. The minimum Gasteiger partial charge on any atom is -0.399 e. The summed E-state index contributed by atoms with van der Waals surface area (Å²) in [7, 11) is -15.1. The van der Waals surface area contributed by atoms with E-state index >= 15 is 0 Å². The molecule has 0 aliphatic heterocycles. The van der Waals surface area contributed by atoms with Crippen LogP contribution >= 0.6 is 0 Å². The minimum absolute atomic E-state index is 0.0510. The number of amides is 1. The van der Waals surface area contributed by atoms with Crippen LogP contribution in [0.4, 0.5) is 11.4 Å². The highest BCUT2D eigenvalue weighted by molar-refractivity contribution is 7.87. The van der Waals surface area contributed by atoms with Crippen molar-refractivity contribution in [2.45, 2.75) is 21.6 Å². The van der Waals surface area contributed by atoms with Gasteiger partial charge in [0, 0.05) is 16.6 Å². The fourth-order valence-electron chi connectivity index (χ4n) is 3.03. The second-order valence-corrected chi connectivity index (χ2v) is 11.2. The molecule has 15 heteroatoms. The fraction of sp³-hybridized carbons (Fsp3) is 0.0556. The normalized spacial score (nSPS) is 12.6. The molecule has 1 amide bonds. The van der Waals surface area contributed by atoms with E-state index < -0.39 is 67.4 Å². The number of rotatable bonds is 5. The maximum Gasteiger partial charge on any atom is 0.295 e. The zero-order chi connectivity index (χ0) is 24.9. The molecule has 3 aromatic rings. The second kappa shape index (κ2) is 8.05. The van der Waals surface area contributed by atoms with Crippen molar-refractivity contribution in [3.05, 3.63) is 53.6 Å². The number of benzene rings is 3. The van der Waals surface area contributed by atoms with Crippen molar-refractivity contribution in [1.82, 2.24) is 0 Å². The van der Waals surface area contributed by atoms with E-state index in [1.807, 2.05) is 0 Å². The smallest absolute Gasteiger partial charge is 0.295 e. The lowest BCUT2D eigenvalue weighted by Crippen LogP contribution is -2.14. The van der Waals surface area contributed by atoms with Crippen LogP contribution in [0.1, 0.15) is 15.9 Å². The number of fused-ring (bicyclic) bond motifs is 1. The summed E-state index contributed by atoms with van der Waals surface area (Å²) in [6, 6.07) is 6.74. The van der Waals surface area contributed by atoms with Crippen molar-refractivity contribution < 1.29 is 43.7 Å². The third-order valence-electron chi connectivity index (χ3n) is 4.61. The number of hydrogen-bond donors (Lipinski definition) is 5. The first-order chi connectivity index (χ1) is 15.0. The maximum absolute atomic E-state index is 12.8. The molecule has 0 fully saturated rings. The molecule has 0 aliphatic carbocycles. The largest absolute Gasteiger partial charge is 0.399 e. The lowest BCUT2D eigenvalue weighted by molar-refractivity contribution is 0.102. The monoisotopic (exact) mass is 516 g/mol. The molecule has 0 aromatic heterocycles. The standard InChI is InChI=1S/C18H16N2O10S3/c1-9-4-10(2-3-14(9)19)18(21)20-15-7-12(31(22,23)24)5-11-6-13(32(25,26)27)8-16(17(11)15)33(28,29)30/h2-8H,19H2,1H3,(H,20,21)(H,22,23,24)(H,25,26,27)(H,28,29,30). The van der Waals surface area contributed by atoms with Crippen molar-refractivity contribution >= 4 is 58.4 Å². The van der Waals surface area contributed by atoms with Crippen LogP contribution in [-0.4, -0.2) is 44.8 Å². The van der Waals surface area contributed by atoms with Crippen LogP contribution in [-0.2, 0) is 30.4 Å². The third-order valence-corrected chi connectivity index (χ3v) is 7.15. The van der Waals surface area contributed by atoms with E-state index in [0.717, 1.165) is 6.07 Å². The average Bonchev–Trinajstić information content (AvgIpc) is 2.66. The minimum atomic E-state index is -5.15. The molecule has 0 bridgehead atoms. The van der Waals surface area contributed by atoms with Gasteiger partial charge in [-0.3, -0.25) is 18.5 Å². The van der Waals surface area contributed by atoms with Gasteiger partial charge in [-0.15, -0.1) is 0 Å². The van der Waals surface area contributed by atoms with Crippen molar-refractivity contribution in [3.8, 4) is 0 Å².